The summed E-state index contributed by atoms with van der Waals surface area (Å²) >= 11 is 0. The van der Waals surface area contributed by atoms with E-state index >= 15 is 0 Å². The van der Waals surface area contributed by atoms with Crippen LogP contribution < -0.4 is 5.32 Å². The average Bonchev–Trinajstić information content (AvgIpc) is 3.09. The van der Waals surface area contributed by atoms with Crippen LogP contribution in [0.15, 0.2) is 36.7 Å². The summed E-state index contributed by atoms with van der Waals surface area (Å²) in [5, 5.41) is 7.17. The van der Waals surface area contributed by atoms with Crippen molar-refractivity contribution in [2.75, 3.05) is 20.1 Å². The predicted octanol–water partition coefficient (Wildman–Crippen LogP) is 1.32. The molecule has 1 atom stereocenters. The first kappa shape index (κ1) is 15.7. The van der Waals surface area contributed by atoms with Crippen LogP contribution >= 0.6 is 0 Å². The molecule has 0 aromatic carbocycles. The molecule has 1 saturated heterocycles. The number of aromatic nitrogens is 3. The van der Waals surface area contributed by atoms with E-state index in [9.17, 15) is 4.79 Å². The lowest BCUT2D eigenvalue weighted by Gasteiger charge is -2.41. The van der Waals surface area contributed by atoms with Crippen LogP contribution in [-0.2, 0) is 16.9 Å². The molecule has 3 rings (SSSR count). The van der Waals surface area contributed by atoms with E-state index in [2.05, 4.69) is 20.3 Å². The van der Waals surface area contributed by atoms with Crippen molar-refractivity contribution in [3.63, 3.8) is 0 Å². The van der Waals surface area contributed by atoms with E-state index in [0.29, 0.717) is 6.54 Å². The van der Waals surface area contributed by atoms with Gasteiger partial charge in [-0.05, 0) is 44.5 Å². The fraction of sp³-hybridized carbons (Fsp3) is 0.471. The Bertz CT molecular complexity index is 669. The Balaban J connectivity index is 1.84. The Morgan fingerprint density at radius 1 is 1.39 bits per heavy atom. The number of carbonyl (C=O) groups is 1. The zero-order valence-corrected chi connectivity index (χ0v) is 13.7. The minimum atomic E-state index is -0.639. The van der Waals surface area contributed by atoms with Crippen LogP contribution in [0, 0.1) is 6.92 Å². The molecule has 23 heavy (non-hydrogen) atoms. The highest BCUT2D eigenvalue weighted by Crippen LogP contribution is 2.29. The van der Waals surface area contributed by atoms with E-state index < -0.39 is 5.54 Å². The van der Waals surface area contributed by atoms with Crippen LogP contribution in [0.1, 0.15) is 24.2 Å². The molecular weight excluding hydrogens is 290 g/mol. The second kappa shape index (κ2) is 6.50. The molecule has 1 N–H and O–H groups in total. The summed E-state index contributed by atoms with van der Waals surface area (Å²) < 4.78 is 1.81. The Morgan fingerprint density at radius 2 is 2.26 bits per heavy atom. The van der Waals surface area contributed by atoms with Gasteiger partial charge in [0.05, 0.1) is 5.69 Å². The number of carbonyl (C=O) groups excluding carboxylic acids is 1. The number of amides is 1. The van der Waals surface area contributed by atoms with Gasteiger partial charge in [-0.15, -0.1) is 0 Å². The van der Waals surface area contributed by atoms with E-state index in [1.54, 1.807) is 13.2 Å². The molecule has 1 aliphatic rings. The number of likely N-dealkylation sites (tertiary alicyclic amines) is 1. The van der Waals surface area contributed by atoms with E-state index in [1.165, 1.54) is 0 Å². The summed E-state index contributed by atoms with van der Waals surface area (Å²) in [5.74, 6) is 0.0168. The minimum absolute atomic E-state index is 0.0168. The molecule has 122 valence electrons. The molecule has 0 bridgehead atoms. The summed E-state index contributed by atoms with van der Waals surface area (Å²) in [6, 6.07) is 7.93. The van der Waals surface area contributed by atoms with E-state index in [0.717, 1.165) is 37.3 Å². The molecule has 3 heterocycles. The first-order valence-electron chi connectivity index (χ1n) is 8.01. The van der Waals surface area contributed by atoms with Gasteiger partial charge < -0.3 is 5.32 Å². The SMILES string of the molecule is CNC(=O)C1(n2cccn2)CCCN(Cc2cccc(C)n2)C1. The predicted molar refractivity (Wildman–Crippen MR) is 87.8 cm³/mol. The molecule has 0 saturated carbocycles. The molecule has 1 fully saturated rings. The Kier molecular flexibility index (Phi) is 4.43. The van der Waals surface area contributed by atoms with Crippen molar-refractivity contribution in [2.24, 2.45) is 0 Å². The molecule has 2 aromatic rings. The minimum Gasteiger partial charge on any atom is -0.357 e. The largest absolute Gasteiger partial charge is 0.357 e. The molecule has 1 amide bonds. The van der Waals surface area contributed by atoms with Crippen LogP contribution in [0.4, 0.5) is 0 Å². The Hall–Kier alpha value is -2.21. The highest BCUT2D eigenvalue weighted by Gasteiger charge is 2.44. The van der Waals surface area contributed by atoms with Gasteiger partial charge in [-0.1, -0.05) is 6.07 Å². The van der Waals surface area contributed by atoms with Crippen molar-refractivity contribution >= 4 is 5.91 Å². The molecule has 2 aromatic heterocycles. The fourth-order valence-corrected chi connectivity index (χ4v) is 3.41. The number of rotatable bonds is 4. The monoisotopic (exact) mass is 313 g/mol. The third-order valence-corrected chi connectivity index (χ3v) is 4.47. The van der Waals surface area contributed by atoms with Gasteiger partial charge >= 0.3 is 0 Å². The molecule has 1 aliphatic heterocycles. The van der Waals surface area contributed by atoms with Crippen LogP contribution in [0.3, 0.4) is 0 Å². The summed E-state index contributed by atoms with van der Waals surface area (Å²) in [5.41, 5.74) is 1.42. The van der Waals surface area contributed by atoms with Gasteiger partial charge in [0, 0.05) is 38.2 Å². The first-order valence-corrected chi connectivity index (χ1v) is 8.01. The summed E-state index contributed by atoms with van der Waals surface area (Å²) in [7, 11) is 1.69. The summed E-state index contributed by atoms with van der Waals surface area (Å²) in [6.07, 6.45) is 5.36. The van der Waals surface area contributed by atoms with E-state index in [4.69, 9.17) is 0 Å². The lowest BCUT2D eigenvalue weighted by Crippen LogP contribution is -2.57. The number of nitrogens with one attached hydrogen (secondary N) is 1. The Labute approximate surface area is 136 Å². The van der Waals surface area contributed by atoms with Gasteiger partial charge in [0.2, 0.25) is 5.91 Å². The maximum Gasteiger partial charge on any atom is 0.249 e. The number of aryl methyl sites for hydroxylation is 1. The van der Waals surface area contributed by atoms with Crippen molar-refractivity contribution in [1.29, 1.82) is 0 Å². The first-order chi connectivity index (χ1) is 11.1. The van der Waals surface area contributed by atoms with E-state index in [1.807, 2.05) is 42.1 Å². The number of hydrogen-bond acceptors (Lipinski definition) is 4. The van der Waals surface area contributed by atoms with E-state index in [-0.39, 0.29) is 5.91 Å². The number of piperidine rings is 1. The quantitative estimate of drug-likeness (QED) is 0.925. The van der Waals surface area contributed by atoms with Crippen LogP contribution in [-0.4, -0.2) is 45.7 Å². The Morgan fingerprint density at radius 3 is 2.96 bits per heavy atom. The lowest BCUT2D eigenvalue weighted by atomic mass is 9.88. The smallest absolute Gasteiger partial charge is 0.249 e. The average molecular weight is 313 g/mol. The standard InChI is InChI=1S/C17H23N5O/c1-14-6-3-7-15(20-14)12-21-10-4-8-17(13-21,16(23)18-2)22-11-5-9-19-22/h3,5-7,9,11H,4,8,10,12-13H2,1-2H3,(H,18,23). The highest BCUT2D eigenvalue weighted by molar-refractivity contribution is 5.84. The van der Waals surface area contributed by atoms with Gasteiger partial charge in [0.15, 0.2) is 5.54 Å². The van der Waals surface area contributed by atoms with Gasteiger partial charge in [-0.3, -0.25) is 19.4 Å². The molecule has 6 nitrogen and oxygen atoms in total. The fourth-order valence-electron chi connectivity index (χ4n) is 3.41. The van der Waals surface area contributed by atoms with Crippen molar-refractivity contribution < 1.29 is 4.79 Å². The summed E-state index contributed by atoms with van der Waals surface area (Å²) in [6.45, 7) is 4.36. The second-order valence-electron chi connectivity index (χ2n) is 6.15. The normalized spacial score (nSPS) is 22.0. The third-order valence-electron chi connectivity index (χ3n) is 4.47. The van der Waals surface area contributed by atoms with Crippen molar-refractivity contribution in [2.45, 2.75) is 31.8 Å². The van der Waals surface area contributed by atoms with Crippen LogP contribution in [0.25, 0.3) is 0 Å². The summed E-state index contributed by atoms with van der Waals surface area (Å²) in [4.78, 5) is 19.5. The van der Waals surface area contributed by atoms with Crippen molar-refractivity contribution in [1.82, 2.24) is 25.0 Å². The lowest BCUT2D eigenvalue weighted by molar-refractivity contribution is -0.133. The topological polar surface area (TPSA) is 63.1 Å². The van der Waals surface area contributed by atoms with Crippen LogP contribution in [0.2, 0.25) is 0 Å². The van der Waals surface area contributed by atoms with Crippen LogP contribution in [0.5, 0.6) is 0 Å². The molecule has 0 spiro atoms. The number of hydrogen-bond donors (Lipinski definition) is 1. The second-order valence-corrected chi connectivity index (χ2v) is 6.15. The maximum absolute atomic E-state index is 12.6. The van der Waals surface area contributed by atoms with Gasteiger partial charge in [0.25, 0.3) is 0 Å². The van der Waals surface area contributed by atoms with Gasteiger partial charge in [-0.2, -0.15) is 5.10 Å². The van der Waals surface area contributed by atoms with Crippen molar-refractivity contribution in [3.05, 3.63) is 48.0 Å². The zero-order chi connectivity index (χ0) is 16.3. The van der Waals surface area contributed by atoms with Gasteiger partial charge in [0.1, 0.15) is 0 Å². The number of nitrogens with zero attached hydrogens (tertiary/aromatic N) is 4. The van der Waals surface area contributed by atoms with Gasteiger partial charge in [-0.25, -0.2) is 0 Å². The molecule has 0 radical (unpaired) electrons. The zero-order valence-electron chi connectivity index (χ0n) is 13.7. The van der Waals surface area contributed by atoms with Crippen molar-refractivity contribution in [3.8, 4) is 0 Å². The third kappa shape index (κ3) is 3.12. The molecule has 1 unspecified atom stereocenters. The number of pyridine rings is 1. The highest BCUT2D eigenvalue weighted by atomic mass is 16.2. The molecule has 0 aliphatic carbocycles. The molecule has 6 heteroatoms. The maximum atomic E-state index is 12.6. The molecular formula is C17H23N5O. The number of likely N-dealkylation sites (N-methyl/N-ethyl adjacent to an activating group) is 1.